The number of ether oxygens (including phenoxy) is 2. The van der Waals surface area contributed by atoms with E-state index in [-0.39, 0.29) is 35.1 Å². The molecule has 0 fully saturated rings. The van der Waals surface area contributed by atoms with E-state index < -0.39 is 49.8 Å². The average Bonchev–Trinajstić information content (AvgIpc) is 3.78. The molecule has 0 radical (unpaired) electrons. The van der Waals surface area contributed by atoms with Crippen molar-refractivity contribution in [1.82, 2.24) is 15.0 Å². The second-order valence-corrected chi connectivity index (χ2v) is 15.6. The van der Waals surface area contributed by atoms with Gasteiger partial charge in [0.15, 0.2) is 21.4 Å². The van der Waals surface area contributed by atoms with Crippen LogP contribution in [0, 0.1) is 24.0 Å². The molecular formula is C40H47F2N3O6S. The summed E-state index contributed by atoms with van der Waals surface area (Å²) >= 11 is 0. The molecule has 52 heavy (non-hydrogen) atoms. The maximum absolute atomic E-state index is 15.6. The van der Waals surface area contributed by atoms with Crippen molar-refractivity contribution in [2.45, 2.75) is 78.9 Å². The van der Waals surface area contributed by atoms with Gasteiger partial charge in [-0.05, 0) is 63.4 Å². The molecule has 1 atom stereocenters. The Morgan fingerprint density at radius 3 is 2.44 bits per heavy atom. The normalized spacial score (nSPS) is 12.9. The highest BCUT2D eigenvalue weighted by Gasteiger charge is 2.32. The molecule has 3 aromatic carbocycles. The molecule has 5 rings (SSSR count). The number of hydrogen-bond acceptors (Lipinski definition) is 7. The van der Waals surface area contributed by atoms with Gasteiger partial charge in [0.25, 0.3) is 0 Å². The highest BCUT2D eigenvalue weighted by atomic mass is 32.2. The van der Waals surface area contributed by atoms with Crippen LogP contribution < -0.4 is 4.74 Å². The Kier molecular flexibility index (Phi) is 12.8. The number of hydrogen-bond donors (Lipinski definition) is 2. The van der Waals surface area contributed by atoms with Crippen LogP contribution >= 0.6 is 0 Å². The third-order valence-electron chi connectivity index (χ3n) is 8.93. The summed E-state index contributed by atoms with van der Waals surface area (Å²) in [6.45, 7) is 13.5. The lowest BCUT2D eigenvalue weighted by molar-refractivity contribution is -0.140. The monoisotopic (exact) mass is 735 g/mol. The number of nitrogens with zero attached hydrogens (tertiary/aromatic N) is 1. The number of aldehydes is 1. The minimum Gasteiger partial charge on any atom is -0.465 e. The predicted molar refractivity (Wildman–Crippen MR) is 199 cm³/mol. The van der Waals surface area contributed by atoms with Crippen LogP contribution in [0.4, 0.5) is 8.78 Å². The van der Waals surface area contributed by atoms with Gasteiger partial charge in [-0.2, -0.15) is 0 Å². The minimum absolute atomic E-state index is 0.00314. The maximum Gasteiger partial charge on any atom is 0.321 e. The van der Waals surface area contributed by atoms with E-state index in [9.17, 15) is 18.0 Å². The molecular weight excluding hydrogens is 689 g/mol. The zero-order valence-corrected chi connectivity index (χ0v) is 31.5. The molecule has 278 valence electrons. The quantitative estimate of drug-likeness (QED) is 0.0810. The number of halogens is 2. The lowest BCUT2D eigenvalue weighted by atomic mass is 9.74. The number of aromatic nitrogens is 3. The van der Waals surface area contributed by atoms with Gasteiger partial charge in [0, 0.05) is 51.5 Å². The number of imidazole rings is 1. The number of carbonyl (C=O) groups is 2. The van der Waals surface area contributed by atoms with Crippen LogP contribution in [0.3, 0.4) is 0 Å². The smallest absolute Gasteiger partial charge is 0.321 e. The van der Waals surface area contributed by atoms with E-state index in [1.165, 1.54) is 24.4 Å². The van der Waals surface area contributed by atoms with Gasteiger partial charge in [-0.1, -0.05) is 63.9 Å². The lowest BCUT2D eigenvalue weighted by Crippen LogP contribution is -2.25. The van der Waals surface area contributed by atoms with Crippen LogP contribution in [-0.4, -0.2) is 48.0 Å². The summed E-state index contributed by atoms with van der Waals surface area (Å²) in [5.41, 5.74) is 2.24. The molecule has 1 unspecified atom stereocenters. The molecule has 0 aliphatic carbocycles. The third kappa shape index (κ3) is 9.33. The second-order valence-electron chi connectivity index (χ2n) is 13.5. The van der Waals surface area contributed by atoms with Gasteiger partial charge < -0.3 is 24.2 Å². The maximum atomic E-state index is 15.6. The van der Waals surface area contributed by atoms with Crippen LogP contribution in [0.2, 0.25) is 0 Å². The molecule has 0 spiro atoms. The molecule has 2 aromatic heterocycles. The number of carbonyl (C=O) groups excluding carboxylic acids is 2. The molecule has 0 saturated carbocycles. The summed E-state index contributed by atoms with van der Waals surface area (Å²) in [5.74, 6) is -4.08. The SMILES string of the molecule is CC.CCOC(=O)CS(=O)(=O)Cc1c(Oc2ccc(F)c(-c3ncc(C(C)(CCCC(C)(C)C=O)c4cccc(C)c4)[nH]3)c2)c(F)cc2[nH]ccc12. The Morgan fingerprint density at radius 2 is 1.75 bits per heavy atom. The zero-order valence-electron chi connectivity index (χ0n) is 30.7. The van der Waals surface area contributed by atoms with Gasteiger partial charge in [0.1, 0.15) is 29.4 Å². The lowest BCUT2D eigenvalue weighted by Gasteiger charge is -2.31. The number of nitrogens with one attached hydrogen (secondary N) is 2. The summed E-state index contributed by atoms with van der Waals surface area (Å²) in [7, 11) is -4.10. The van der Waals surface area contributed by atoms with Crippen molar-refractivity contribution in [2.75, 3.05) is 12.4 Å². The van der Waals surface area contributed by atoms with Gasteiger partial charge in [-0.3, -0.25) is 4.79 Å². The van der Waals surface area contributed by atoms with Crippen LogP contribution in [0.1, 0.15) is 83.2 Å². The summed E-state index contributed by atoms with van der Waals surface area (Å²) in [6.07, 6.45) is 6.29. The number of aromatic amines is 2. The van der Waals surface area contributed by atoms with E-state index in [1.807, 2.05) is 52.8 Å². The number of rotatable bonds is 15. The van der Waals surface area contributed by atoms with E-state index in [0.29, 0.717) is 23.7 Å². The van der Waals surface area contributed by atoms with E-state index in [0.717, 1.165) is 35.6 Å². The highest BCUT2D eigenvalue weighted by Crippen LogP contribution is 2.40. The number of fused-ring (bicyclic) bond motifs is 1. The average molecular weight is 736 g/mol. The Balaban J connectivity index is 0.00000297. The zero-order chi connectivity index (χ0) is 38.3. The third-order valence-corrected chi connectivity index (χ3v) is 10.3. The van der Waals surface area contributed by atoms with Crippen molar-refractivity contribution in [3.63, 3.8) is 0 Å². The van der Waals surface area contributed by atoms with Gasteiger partial charge in [0.2, 0.25) is 0 Å². The van der Waals surface area contributed by atoms with Crippen LogP contribution in [0.5, 0.6) is 11.5 Å². The van der Waals surface area contributed by atoms with Gasteiger partial charge in [-0.15, -0.1) is 0 Å². The molecule has 12 heteroatoms. The fourth-order valence-corrected chi connectivity index (χ4v) is 7.39. The highest BCUT2D eigenvalue weighted by molar-refractivity contribution is 7.91. The molecule has 2 heterocycles. The fourth-order valence-electron chi connectivity index (χ4n) is 6.12. The van der Waals surface area contributed by atoms with Crippen LogP contribution in [-0.2, 0) is 35.3 Å². The topological polar surface area (TPSA) is 131 Å². The van der Waals surface area contributed by atoms with Crippen molar-refractivity contribution >= 4 is 33.0 Å². The largest absolute Gasteiger partial charge is 0.465 e. The molecule has 5 aromatic rings. The Hall–Kier alpha value is -4.84. The number of sulfone groups is 1. The molecule has 0 aliphatic rings. The number of esters is 1. The van der Waals surface area contributed by atoms with Crippen LogP contribution in [0.25, 0.3) is 22.3 Å². The molecule has 9 nitrogen and oxygen atoms in total. The Labute approximate surface area is 304 Å². The van der Waals surface area contributed by atoms with E-state index >= 15 is 8.78 Å². The van der Waals surface area contributed by atoms with Gasteiger partial charge in [0.05, 0.1) is 17.9 Å². The molecule has 0 aliphatic heterocycles. The molecule has 0 saturated heterocycles. The Morgan fingerprint density at radius 1 is 1.00 bits per heavy atom. The van der Waals surface area contributed by atoms with E-state index in [2.05, 4.69) is 27.9 Å². The summed E-state index contributed by atoms with van der Waals surface area (Å²) in [6, 6.07) is 14.7. The molecule has 2 N–H and O–H groups in total. The van der Waals surface area contributed by atoms with Crippen molar-refractivity contribution < 1.29 is 36.3 Å². The van der Waals surface area contributed by atoms with Crippen LogP contribution in [0.15, 0.2) is 67.0 Å². The standard InChI is InChI=1S/C38H41F2N3O6S.C2H6/c1-6-48-34(45)22-50(46,47)21-29-27-13-16-41-32(27)19-31(40)35(29)49-26-11-12-30(39)28(18-26)36-42-20-33(43-36)38(5,15-8-14-37(3,4)23-44)25-10-7-9-24(2)17-25;1-2/h7,9-13,16-20,23,41H,6,8,14-15,21-22H2,1-5H3,(H,42,43);1-2H3. The first-order valence-corrected chi connectivity index (χ1v) is 19.2. The van der Waals surface area contributed by atoms with Crippen molar-refractivity contribution in [1.29, 1.82) is 0 Å². The second kappa shape index (κ2) is 16.7. The van der Waals surface area contributed by atoms with E-state index in [4.69, 9.17) is 9.47 Å². The van der Waals surface area contributed by atoms with Gasteiger partial charge >= 0.3 is 5.97 Å². The molecule has 0 amide bonds. The first-order valence-electron chi connectivity index (χ1n) is 17.4. The number of benzene rings is 3. The van der Waals surface area contributed by atoms with Crippen molar-refractivity contribution in [3.05, 3.63) is 101 Å². The first kappa shape index (κ1) is 39.9. The summed E-state index contributed by atoms with van der Waals surface area (Å²) < 4.78 is 67.8. The molecule has 0 bridgehead atoms. The van der Waals surface area contributed by atoms with Gasteiger partial charge in [-0.25, -0.2) is 22.2 Å². The summed E-state index contributed by atoms with van der Waals surface area (Å²) in [5, 5.41) is 0.388. The fraction of sp³-hybridized carbons (Fsp3) is 0.375. The Bertz CT molecular complexity index is 2140. The first-order chi connectivity index (χ1) is 24.6. The summed E-state index contributed by atoms with van der Waals surface area (Å²) in [4.78, 5) is 34.3. The van der Waals surface area contributed by atoms with Crippen molar-refractivity contribution in [3.8, 4) is 22.9 Å². The predicted octanol–water partition coefficient (Wildman–Crippen LogP) is 9.14. The number of H-pyrrole nitrogens is 2. The van der Waals surface area contributed by atoms with E-state index in [1.54, 1.807) is 19.2 Å². The minimum atomic E-state index is -4.10. The van der Waals surface area contributed by atoms with Crippen molar-refractivity contribution in [2.24, 2.45) is 5.41 Å². The number of aryl methyl sites for hydroxylation is 1.